The number of carbonyl (C=O) groups is 2. The highest BCUT2D eigenvalue weighted by atomic mass is 16.6. The van der Waals surface area contributed by atoms with E-state index in [1.807, 2.05) is 0 Å². The van der Waals surface area contributed by atoms with E-state index in [1.54, 1.807) is 0 Å². The first kappa shape index (κ1) is 63.7. The zero-order valence-corrected chi connectivity index (χ0v) is 45.9. The summed E-state index contributed by atoms with van der Waals surface area (Å²) >= 11 is 0. The molecule has 2 atom stereocenters. The zero-order valence-electron chi connectivity index (χ0n) is 45.9. The minimum atomic E-state index is -0.442. The highest BCUT2D eigenvalue weighted by Crippen LogP contribution is 2.40. The molecule has 0 rings (SSSR count). The predicted octanol–water partition coefficient (Wildman–Crippen LogP) is 17.7. The minimum Gasteiger partial charge on any atom is -0.447 e. The first-order valence-corrected chi connectivity index (χ1v) is 28.4. The molecule has 0 heterocycles. The van der Waals surface area contributed by atoms with Crippen LogP contribution in [0.4, 0.5) is 4.79 Å². The molecule has 1 unspecified atom stereocenters. The van der Waals surface area contributed by atoms with Crippen LogP contribution in [0.2, 0.25) is 0 Å². The van der Waals surface area contributed by atoms with Crippen LogP contribution in [0, 0.1) is 22.7 Å². The second-order valence-corrected chi connectivity index (χ2v) is 23.4. The van der Waals surface area contributed by atoms with Crippen LogP contribution in [0.25, 0.3) is 0 Å². The van der Waals surface area contributed by atoms with Gasteiger partial charge < -0.3 is 24.8 Å². The number of carbonyl (C=O) groups excluding carboxylic acids is 2. The Morgan fingerprint density at radius 3 is 1.45 bits per heavy atom. The van der Waals surface area contributed by atoms with Gasteiger partial charge in [-0.2, -0.15) is 0 Å². The van der Waals surface area contributed by atoms with Crippen LogP contribution in [-0.4, -0.2) is 56.6 Å². The van der Waals surface area contributed by atoms with E-state index in [-0.39, 0.29) is 35.0 Å². The molecule has 2 amide bonds. The molecule has 0 aliphatic heterocycles. The third kappa shape index (κ3) is 44.9. The summed E-state index contributed by atoms with van der Waals surface area (Å²) in [5, 5.41) is 6.18. The molecule has 0 bridgehead atoms. The number of hydrogen-bond acceptors (Lipinski definition) is 5. The molecule has 388 valence electrons. The summed E-state index contributed by atoms with van der Waals surface area (Å²) < 4.78 is 18.1. The summed E-state index contributed by atoms with van der Waals surface area (Å²) in [4.78, 5) is 26.1. The van der Waals surface area contributed by atoms with Crippen molar-refractivity contribution in [2.24, 2.45) is 22.7 Å². The van der Waals surface area contributed by atoms with Gasteiger partial charge in [-0.15, -0.1) is 0 Å². The Bertz CT molecular complexity index is 1070. The largest absolute Gasteiger partial charge is 0.447 e. The number of alkyl carbamates (subject to hydrolysis) is 1. The van der Waals surface area contributed by atoms with Gasteiger partial charge in [0.25, 0.3) is 0 Å². The Balaban J connectivity index is 4.64. The van der Waals surface area contributed by atoms with Gasteiger partial charge in [0.1, 0.15) is 6.61 Å². The molecular weight excluding hydrogens is 805 g/mol. The summed E-state index contributed by atoms with van der Waals surface area (Å²) in [5.41, 5.74) is -0.312. The monoisotopic (exact) mass is 921 g/mol. The summed E-state index contributed by atoms with van der Waals surface area (Å²) in [6.07, 6.45) is 42.6. The number of rotatable bonds is 48. The molecule has 0 saturated heterocycles. The minimum absolute atomic E-state index is 0.0221. The van der Waals surface area contributed by atoms with E-state index in [1.165, 1.54) is 173 Å². The van der Waals surface area contributed by atoms with Gasteiger partial charge in [0.2, 0.25) is 5.91 Å². The molecule has 0 aliphatic rings. The Labute approximate surface area is 406 Å². The molecular formula is C58H116N2O5. The summed E-state index contributed by atoms with van der Waals surface area (Å²) in [6, 6.07) is -0.362. The first-order chi connectivity index (χ1) is 31.0. The lowest BCUT2D eigenvalue weighted by Crippen LogP contribution is -2.44. The van der Waals surface area contributed by atoms with Crippen molar-refractivity contribution in [2.75, 3.05) is 33.0 Å². The fraction of sp³-hybridized carbons (Fsp3) is 0.966. The van der Waals surface area contributed by atoms with Crippen molar-refractivity contribution in [1.82, 2.24) is 10.6 Å². The van der Waals surface area contributed by atoms with Crippen LogP contribution in [0.5, 0.6) is 0 Å². The average molecular weight is 922 g/mol. The van der Waals surface area contributed by atoms with Gasteiger partial charge in [0.05, 0.1) is 18.2 Å². The number of nitrogens with one attached hydrogen (secondary N) is 2. The maximum absolute atomic E-state index is 13.1. The van der Waals surface area contributed by atoms with Gasteiger partial charge in [-0.3, -0.25) is 4.79 Å². The van der Waals surface area contributed by atoms with Crippen molar-refractivity contribution < 1.29 is 23.8 Å². The summed E-state index contributed by atoms with van der Waals surface area (Å²) in [5.74, 6) is 1.55. The lowest BCUT2D eigenvalue weighted by molar-refractivity contribution is -0.122. The molecule has 7 heteroatoms. The van der Waals surface area contributed by atoms with Crippen LogP contribution in [0.15, 0.2) is 0 Å². The smallest absolute Gasteiger partial charge is 0.407 e. The summed E-state index contributed by atoms with van der Waals surface area (Å²) in [6.45, 7) is 27.2. The Morgan fingerprint density at radius 2 is 0.969 bits per heavy atom. The second kappa shape index (κ2) is 41.6. The van der Waals surface area contributed by atoms with Crippen LogP contribution >= 0.6 is 0 Å². The van der Waals surface area contributed by atoms with E-state index >= 15 is 0 Å². The normalized spacial score (nSPS) is 13.4. The molecule has 0 saturated carbocycles. The zero-order chi connectivity index (χ0) is 48.5. The van der Waals surface area contributed by atoms with E-state index in [0.29, 0.717) is 32.1 Å². The fourth-order valence-corrected chi connectivity index (χ4v) is 9.89. The number of amides is 2. The van der Waals surface area contributed by atoms with Gasteiger partial charge in [0, 0.05) is 26.2 Å². The molecule has 65 heavy (non-hydrogen) atoms. The van der Waals surface area contributed by atoms with Gasteiger partial charge in [-0.05, 0) is 68.6 Å². The number of ether oxygens (including phenoxy) is 3. The van der Waals surface area contributed by atoms with Crippen molar-refractivity contribution in [3.63, 3.8) is 0 Å². The molecule has 0 aliphatic carbocycles. The maximum Gasteiger partial charge on any atom is 0.407 e. The van der Waals surface area contributed by atoms with Crippen LogP contribution in [-0.2, 0) is 19.0 Å². The lowest BCUT2D eigenvalue weighted by atomic mass is 9.70. The molecule has 0 aromatic rings. The average Bonchev–Trinajstić information content (AvgIpc) is 3.23. The quantitative estimate of drug-likeness (QED) is 0.0594. The predicted molar refractivity (Wildman–Crippen MR) is 282 cm³/mol. The van der Waals surface area contributed by atoms with Gasteiger partial charge in [0.15, 0.2) is 0 Å². The molecule has 0 aromatic carbocycles. The molecule has 2 N–H and O–H groups in total. The van der Waals surface area contributed by atoms with E-state index in [2.05, 4.69) is 86.8 Å². The van der Waals surface area contributed by atoms with Crippen molar-refractivity contribution >= 4 is 12.0 Å². The third-order valence-corrected chi connectivity index (χ3v) is 13.6. The SMILES string of the molecule is CCCCCCCCCCCCCCCCCC(=O)NC(COCCCCCCCCCCCCCCC[C@H](C)CC)COC(=O)NCC(C)(C)CC(C)(C)CC(C)(C)OCCC(C)C. The maximum atomic E-state index is 13.1. The summed E-state index contributed by atoms with van der Waals surface area (Å²) in [7, 11) is 0. The van der Waals surface area contributed by atoms with Crippen LogP contribution in [0.1, 0.15) is 294 Å². The van der Waals surface area contributed by atoms with Gasteiger partial charge >= 0.3 is 6.09 Å². The van der Waals surface area contributed by atoms with E-state index in [4.69, 9.17) is 14.2 Å². The topological polar surface area (TPSA) is 85.9 Å². The number of hydrogen-bond donors (Lipinski definition) is 2. The molecule has 0 radical (unpaired) electrons. The number of unbranched alkanes of at least 4 members (excludes halogenated alkanes) is 26. The van der Waals surface area contributed by atoms with E-state index in [9.17, 15) is 9.59 Å². The Kier molecular flexibility index (Phi) is 40.8. The van der Waals surface area contributed by atoms with Gasteiger partial charge in [-0.25, -0.2) is 4.79 Å². The second-order valence-electron chi connectivity index (χ2n) is 23.4. The Hall–Kier alpha value is -1.34. The first-order valence-electron chi connectivity index (χ1n) is 28.4. The fourth-order valence-electron chi connectivity index (χ4n) is 9.89. The Morgan fingerprint density at radius 1 is 0.508 bits per heavy atom. The van der Waals surface area contributed by atoms with Gasteiger partial charge in [-0.1, -0.05) is 242 Å². The molecule has 7 nitrogen and oxygen atoms in total. The van der Waals surface area contributed by atoms with E-state index in [0.717, 1.165) is 51.0 Å². The standard InChI is InChI=1S/C58H116N2O5/c1-12-14-15-16-17-18-19-20-21-24-27-30-33-36-39-42-54(61)60-53(46-63-44-40-37-34-31-28-25-22-23-26-29-32-35-38-41-52(5)13-2)47-64-55(62)59-50-57(8,9)48-56(6,7)49-58(10,11)65-45-43-51(3)4/h51-53H,12-50H2,1-11H3,(H,59,62)(H,60,61)/t52-,53?/m1/s1. The van der Waals surface area contributed by atoms with Crippen molar-refractivity contribution in [3.8, 4) is 0 Å². The van der Waals surface area contributed by atoms with Crippen molar-refractivity contribution in [3.05, 3.63) is 0 Å². The lowest BCUT2D eigenvalue weighted by Gasteiger charge is -2.40. The molecule has 0 fully saturated rings. The van der Waals surface area contributed by atoms with Crippen molar-refractivity contribution in [2.45, 2.75) is 306 Å². The highest BCUT2D eigenvalue weighted by Gasteiger charge is 2.35. The van der Waals surface area contributed by atoms with Crippen LogP contribution < -0.4 is 10.6 Å². The van der Waals surface area contributed by atoms with E-state index < -0.39 is 6.09 Å². The molecule has 0 spiro atoms. The molecule has 0 aromatic heterocycles. The highest BCUT2D eigenvalue weighted by molar-refractivity contribution is 5.76. The van der Waals surface area contributed by atoms with Crippen LogP contribution in [0.3, 0.4) is 0 Å². The third-order valence-electron chi connectivity index (χ3n) is 13.6. The van der Waals surface area contributed by atoms with Crippen molar-refractivity contribution in [1.29, 1.82) is 0 Å².